The Kier molecular flexibility index (Phi) is 6.49. The number of carbonyl (C=O) groups excluding carboxylic acids is 2. The molecule has 0 bridgehead atoms. The first kappa shape index (κ1) is 19.7. The molecule has 7 heteroatoms. The van der Waals surface area contributed by atoms with Crippen LogP contribution >= 0.6 is 0 Å². The second-order valence-corrected chi connectivity index (χ2v) is 6.70. The van der Waals surface area contributed by atoms with Crippen LogP contribution in [0.15, 0.2) is 42.5 Å². The van der Waals surface area contributed by atoms with Gasteiger partial charge in [-0.15, -0.1) is 0 Å². The molecular formula is C21H25N3O4. The second kappa shape index (κ2) is 9.23. The summed E-state index contributed by atoms with van der Waals surface area (Å²) in [6, 6.07) is 12.8. The minimum Gasteiger partial charge on any atom is -0.486 e. The summed E-state index contributed by atoms with van der Waals surface area (Å²) in [4.78, 5) is 26.0. The maximum atomic E-state index is 12.1. The Morgan fingerprint density at radius 3 is 2.39 bits per heavy atom. The summed E-state index contributed by atoms with van der Waals surface area (Å²) in [6.45, 7) is 3.83. The Morgan fingerprint density at radius 2 is 1.68 bits per heavy atom. The van der Waals surface area contributed by atoms with Gasteiger partial charge in [-0.2, -0.15) is 0 Å². The van der Waals surface area contributed by atoms with Gasteiger partial charge < -0.3 is 14.8 Å². The summed E-state index contributed by atoms with van der Waals surface area (Å²) in [5, 5.41) is 4.97. The molecule has 28 heavy (non-hydrogen) atoms. The highest BCUT2D eigenvalue weighted by atomic mass is 16.6. The standard InChI is InChI=1S/C21H25N3O4/c1-3-15-4-6-16(7-5-15)13-24(2)14-20(25)23-21(26)22-17-8-9-18-19(12-17)28-11-10-27-18/h4-9,12H,3,10-11,13-14H2,1-2H3,(H2,22,23,25,26). The second-order valence-electron chi connectivity index (χ2n) is 6.70. The number of likely N-dealkylation sites (N-methyl/N-ethyl adjacent to an activating group) is 1. The van der Waals surface area contributed by atoms with Crippen LogP contribution < -0.4 is 20.1 Å². The van der Waals surface area contributed by atoms with Crippen LogP contribution in [0.4, 0.5) is 10.5 Å². The van der Waals surface area contributed by atoms with Crippen LogP contribution in [0.1, 0.15) is 18.1 Å². The maximum Gasteiger partial charge on any atom is 0.325 e. The van der Waals surface area contributed by atoms with Crippen LogP contribution in [0, 0.1) is 0 Å². The first-order valence-electron chi connectivity index (χ1n) is 9.30. The molecule has 2 aromatic carbocycles. The van der Waals surface area contributed by atoms with E-state index in [-0.39, 0.29) is 12.5 Å². The SMILES string of the molecule is CCc1ccc(CN(C)CC(=O)NC(=O)Nc2ccc3c(c2)OCCO3)cc1. The highest BCUT2D eigenvalue weighted by Gasteiger charge is 2.14. The van der Waals surface area contributed by atoms with Crippen LogP contribution in [0.3, 0.4) is 0 Å². The van der Waals surface area contributed by atoms with Crippen LogP contribution in [0.5, 0.6) is 11.5 Å². The van der Waals surface area contributed by atoms with E-state index in [0.717, 1.165) is 12.0 Å². The fourth-order valence-electron chi connectivity index (χ4n) is 2.94. The van der Waals surface area contributed by atoms with Crippen molar-refractivity contribution in [2.45, 2.75) is 19.9 Å². The van der Waals surface area contributed by atoms with E-state index in [1.165, 1.54) is 5.56 Å². The Morgan fingerprint density at radius 1 is 1.00 bits per heavy atom. The summed E-state index contributed by atoms with van der Waals surface area (Å²) in [6.07, 6.45) is 0.997. The largest absolute Gasteiger partial charge is 0.486 e. The molecule has 0 fully saturated rings. The summed E-state index contributed by atoms with van der Waals surface area (Å²) < 4.78 is 10.9. The van der Waals surface area contributed by atoms with E-state index in [0.29, 0.717) is 36.9 Å². The number of hydrogen-bond acceptors (Lipinski definition) is 5. The van der Waals surface area contributed by atoms with Crippen molar-refractivity contribution in [2.75, 3.05) is 32.1 Å². The summed E-state index contributed by atoms with van der Waals surface area (Å²) in [5.74, 6) is 0.841. The van der Waals surface area contributed by atoms with Gasteiger partial charge in [0.05, 0.1) is 6.54 Å². The van der Waals surface area contributed by atoms with Crippen molar-refractivity contribution in [3.8, 4) is 11.5 Å². The van der Waals surface area contributed by atoms with Crippen molar-refractivity contribution >= 4 is 17.6 Å². The van der Waals surface area contributed by atoms with E-state index in [2.05, 4.69) is 41.8 Å². The monoisotopic (exact) mass is 383 g/mol. The first-order valence-corrected chi connectivity index (χ1v) is 9.30. The van der Waals surface area contributed by atoms with Gasteiger partial charge >= 0.3 is 6.03 Å². The number of hydrogen-bond donors (Lipinski definition) is 2. The van der Waals surface area contributed by atoms with Crippen molar-refractivity contribution in [3.63, 3.8) is 0 Å². The van der Waals surface area contributed by atoms with Crippen LogP contribution in [-0.4, -0.2) is 43.6 Å². The molecule has 3 amide bonds. The molecule has 0 aliphatic carbocycles. The number of anilines is 1. The molecule has 0 saturated carbocycles. The molecule has 0 aromatic heterocycles. The quantitative estimate of drug-likeness (QED) is 0.802. The highest BCUT2D eigenvalue weighted by molar-refractivity contribution is 6.01. The van der Waals surface area contributed by atoms with Crippen molar-refractivity contribution in [1.29, 1.82) is 0 Å². The lowest BCUT2D eigenvalue weighted by Gasteiger charge is -2.19. The minimum absolute atomic E-state index is 0.115. The molecule has 0 radical (unpaired) electrons. The number of imide groups is 1. The van der Waals surface area contributed by atoms with Crippen LogP contribution in [0.2, 0.25) is 0 Å². The molecule has 0 atom stereocenters. The van der Waals surface area contributed by atoms with Gasteiger partial charge in [-0.1, -0.05) is 31.2 Å². The summed E-state index contributed by atoms with van der Waals surface area (Å²) >= 11 is 0. The highest BCUT2D eigenvalue weighted by Crippen LogP contribution is 2.32. The van der Waals surface area contributed by atoms with E-state index < -0.39 is 6.03 Å². The first-order chi connectivity index (χ1) is 13.5. The number of carbonyl (C=O) groups is 2. The third kappa shape index (κ3) is 5.47. The van der Waals surface area contributed by atoms with Gasteiger partial charge in [-0.25, -0.2) is 4.79 Å². The van der Waals surface area contributed by atoms with Crippen molar-refractivity contribution in [1.82, 2.24) is 10.2 Å². The van der Waals surface area contributed by atoms with Gasteiger partial charge in [0.1, 0.15) is 13.2 Å². The molecule has 0 spiro atoms. The van der Waals surface area contributed by atoms with Gasteiger partial charge in [0.25, 0.3) is 0 Å². The number of urea groups is 1. The lowest BCUT2D eigenvalue weighted by atomic mass is 10.1. The van der Waals surface area contributed by atoms with E-state index >= 15 is 0 Å². The zero-order valence-corrected chi connectivity index (χ0v) is 16.2. The molecule has 1 heterocycles. The average molecular weight is 383 g/mol. The Hall–Kier alpha value is -3.06. The molecule has 0 saturated heterocycles. The zero-order chi connectivity index (χ0) is 19.9. The summed E-state index contributed by atoms with van der Waals surface area (Å²) in [5.41, 5.74) is 2.92. The van der Waals surface area contributed by atoms with Crippen LogP contribution in [-0.2, 0) is 17.8 Å². The van der Waals surface area contributed by atoms with E-state index in [9.17, 15) is 9.59 Å². The number of rotatable bonds is 6. The molecule has 3 rings (SSSR count). The minimum atomic E-state index is -0.581. The number of ether oxygens (including phenoxy) is 2. The number of aryl methyl sites for hydroxylation is 1. The fourth-order valence-corrected chi connectivity index (χ4v) is 2.94. The third-order valence-electron chi connectivity index (χ3n) is 4.35. The number of nitrogens with zero attached hydrogens (tertiary/aromatic N) is 1. The lowest BCUT2D eigenvalue weighted by molar-refractivity contribution is -0.120. The Labute approximate surface area is 164 Å². The molecule has 1 aliphatic rings. The fraction of sp³-hybridized carbons (Fsp3) is 0.333. The molecule has 2 N–H and O–H groups in total. The Balaban J connectivity index is 1.46. The molecule has 0 unspecified atom stereocenters. The van der Waals surface area contributed by atoms with Crippen LogP contribution in [0.25, 0.3) is 0 Å². The topological polar surface area (TPSA) is 79.9 Å². The predicted octanol–water partition coefficient (Wildman–Crippen LogP) is 2.80. The van der Waals surface area contributed by atoms with E-state index in [4.69, 9.17) is 9.47 Å². The lowest BCUT2D eigenvalue weighted by Crippen LogP contribution is -2.40. The Bertz CT molecular complexity index is 836. The van der Waals surface area contributed by atoms with Gasteiger partial charge in [0, 0.05) is 18.3 Å². The van der Waals surface area contributed by atoms with Crippen molar-refractivity contribution in [2.24, 2.45) is 0 Å². The van der Waals surface area contributed by atoms with Gasteiger partial charge in [0.2, 0.25) is 5.91 Å². The number of fused-ring (bicyclic) bond motifs is 1. The normalized spacial score (nSPS) is 12.5. The molecule has 2 aromatic rings. The number of nitrogens with one attached hydrogen (secondary N) is 2. The zero-order valence-electron chi connectivity index (χ0n) is 16.2. The molecule has 7 nitrogen and oxygen atoms in total. The van der Waals surface area contributed by atoms with Gasteiger partial charge in [0.15, 0.2) is 11.5 Å². The van der Waals surface area contributed by atoms with Crippen molar-refractivity contribution in [3.05, 3.63) is 53.6 Å². The van der Waals surface area contributed by atoms with Crippen molar-refractivity contribution < 1.29 is 19.1 Å². The predicted molar refractivity (Wildman–Crippen MR) is 107 cm³/mol. The smallest absolute Gasteiger partial charge is 0.325 e. The van der Waals surface area contributed by atoms with E-state index in [1.807, 2.05) is 11.9 Å². The average Bonchev–Trinajstić information content (AvgIpc) is 2.68. The van der Waals surface area contributed by atoms with Gasteiger partial charge in [-0.05, 0) is 36.7 Å². The number of benzene rings is 2. The summed E-state index contributed by atoms with van der Waals surface area (Å²) in [7, 11) is 1.84. The number of amides is 3. The third-order valence-corrected chi connectivity index (χ3v) is 4.35. The van der Waals surface area contributed by atoms with Gasteiger partial charge in [-0.3, -0.25) is 15.0 Å². The van der Waals surface area contributed by atoms with E-state index in [1.54, 1.807) is 18.2 Å². The maximum absolute atomic E-state index is 12.1. The molecule has 1 aliphatic heterocycles. The molecular weight excluding hydrogens is 358 g/mol. The molecule has 148 valence electrons.